The quantitative estimate of drug-likeness (QED) is 0.849. The molecule has 1 atom stereocenters. The van der Waals surface area contributed by atoms with Crippen molar-refractivity contribution in [3.63, 3.8) is 0 Å². The van der Waals surface area contributed by atoms with Crippen molar-refractivity contribution in [2.75, 3.05) is 14.2 Å². The summed E-state index contributed by atoms with van der Waals surface area (Å²) in [6.45, 7) is 1.83. The second-order valence-electron chi connectivity index (χ2n) is 6.52. The SMILES string of the molecule is COC(=O)C1=C(C)NC2=C(C(=O)c3ccccc32)[C@H]1c1ccc(OC)cc1. The molecule has 0 radical (unpaired) electrons. The minimum Gasteiger partial charge on any atom is -0.497 e. The van der Waals surface area contributed by atoms with Gasteiger partial charge in [-0.25, -0.2) is 4.79 Å². The van der Waals surface area contributed by atoms with E-state index in [1.807, 2.05) is 55.5 Å². The molecule has 2 aliphatic rings. The molecule has 1 aliphatic heterocycles. The van der Waals surface area contributed by atoms with Crippen LogP contribution in [-0.4, -0.2) is 26.0 Å². The number of esters is 1. The third-order valence-corrected chi connectivity index (χ3v) is 5.10. The van der Waals surface area contributed by atoms with Crippen LogP contribution in [0.15, 0.2) is 65.4 Å². The maximum Gasteiger partial charge on any atom is 0.336 e. The Morgan fingerprint density at radius 2 is 1.67 bits per heavy atom. The number of nitrogens with one attached hydrogen (secondary N) is 1. The van der Waals surface area contributed by atoms with Crippen LogP contribution in [0.5, 0.6) is 5.75 Å². The zero-order valence-corrected chi connectivity index (χ0v) is 15.3. The summed E-state index contributed by atoms with van der Waals surface area (Å²) in [5.41, 5.74) is 4.82. The molecule has 1 N–H and O–H groups in total. The van der Waals surface area contributed by atoms with Gasteiger partial charge in [-0.1, -0.05) is 36.4 Å². The molecule has 136 valence electrons. The van der Waals surface area contributed by atoms with Crippen molar-refractivity contribution in [3.05, 3.63) is 82.1 Å². The third kappa shape index (κ3) is 2.54. The second-order valence-corrected chi connectivity index (χ2v) is 6.52. The zero-order valence-electron chi connectivity index (χ0n) is 15.3. The van der Waals surface area contributed by atoms with Crippen molar-refractivity contribution in [1.29, 1.82) is 0 Å². The van der Waals surface area contributed by atoms with Crippen molar-refractivity contribution in [2.45, 2.75) is 12.8 Å². The standard InChI is InChI=1S/C22H19NO4/c1-12-17(22(25)27-3)18(13-8-10-14(26-2)11-9-13)19-20(23-12)15-6-4-5-7-16(15)21(19)24/h4-11,18,23H,1-3H3/t18-/m0/s1. The number of allylic oxidation sites excluding steroid dienone is 2. The van der Waals surface area contributed by atoms with E-state index in [-0.39, 0.29) is 5.78 Å². The molecule has 5 heteroatoms. The van der Waals surface area contributed by atoms with Gasteiger partial charge in [0, 0.05) is 28.3 Å². The summed E-state index contributed by atoms with van der Waals surface area (Å²) in [7, 11) is 2.95. The fourth-order valence-corrected chi connectivity index (χ4v) is 3.84. The molecule has 27 heavy (non-hydrogen) atoms. The molecule has 4 rings (SSSR count). The second kappa shape index (κ2) is 6.43. The highest BCUT2D eigenvalue weighted by molar-refractivity contribution is 6.23. The van der Waals surface area contributed by atoms with E-state index in [0.717, 1.165) is 16.8 Å². The smallest absolute Gasteiger partial charge is 0.336 e. The number of hydrogen-bond donors (Lipinski definition) is 1. The maximum absolute atomic E-state index is 13.2. The number of carbonyl (C=O) groups excluding carboxylic acids is 2. The Morgan fingerprint density at radius 3 is 2.30 bits per heavy atom. The highest BCUT2D eigenvalue weighted by Gasteiger charge is 2.42. The minimum absolute atomic E-state index is 0.0668. The van der Waals surface area contributed by atoms with E-state index in [2.05, 4.69) is 5.32 Å². The Balaban J connectivity index is 1.92. The van der Waals surface area contributed by atoms with Crippen LogP contribution in [0.3, 0.4) is 0 Å². The summed E-state index contributed by atoms with van der Waals surface area (Å²) in [6, 6.07) is 14.9. The number of methoxy groups -OCH3 is 2. The van der Waals surface area contributed by atoms with Crippen molar-refractivity contribution in [2.24, 2.45) is 0 Å². The van der Waals surface area contributed by atoms with Crippen LogP contribution < -0.4 is 10.1 Å². The van der Waals surface area contributed by atoms with E-state index in [1.54, 1.807) is 7.11 Å². The van der Waals surface area contributed by atoms with Gasteiger partial charge >= 0.3 is 5.97 Å². The van der Waals surface area contributed by atoms with Gasteiger partial charge in [0.25, 0.3) is 0 Å². The minimum atomic E-state index is -0.500. The number of fused-ring (bicyclic) bond motifs is 2. The Bertz CT molecular complexity index is 1010. The molecule has 2 aromatic carbocycles. The maximum atomic E-state index is 13.2. The Labute approximate surface area is 157 Å². The summed E-state index contributed by atoms with van der Waals surface area (Å²) < 4.78 is 10.3. The Hall–Kier alpha value is -3.34. The lowest BCUT2D eigenvalue weighted by Crippen LogP contribution is -2.29. The summed E-state index contributed by atoms with van der Waals surface area (Å²) in [4.78, 5) is 25.8. The Morgan fingerprint density at radius 1 is 1.00 bits per heavy atom. The van der Waals surface area contributed by atoms with Crippen molar-refractivity contribution >= 4 is 17.4 Å². The number of hydrogen-bond acceptors (Lipinski definition) is 5. The highest BCUT2D eigenvalue weighted by Crippen LogP contribution is 2.46. The van der Waals surface area contributed by atoms with Gasteiger partial charge in [0.1, 0.15) is 5.75 Å². The van der Waals surface area contributed by atoms with E-state index in [0.29, 0.717) is 28.2 Å². The summed E-state index contributed by atoms with van der Waals surface area (Å²) >= 11 is 0. The molecular formula is C22H19NO4. The van der Waals surface area contributed by atoms with Crippen LogP contribution >= 0.6 is 0 Å². The van der Waals surface area contributed by atoms with Gasteiger partial charge in [-0.05, 0) is 24.6 Å². The van der Waals surface area contributed by atoms with Crippen molar-refractivity contribution < 1.29 is 19.1 Å². The molecular weight excluding hydrogens is 342 g/mol. The summed E-state index contributed by atoms with van der Waals surface area (Å²) in [5.74, 6) is -0.304. The van der Waals surface area contributed by atoms with Crippen LogP contribution in [0.2, 0.25) is 0 Å². The predicted octanol–water partition coefficient (Wildman–Crippen LogP) is 3.44. The summed E-state index contributed by atoms with van der Waals surface area (Å²) in [5, 5.41) is 3.27. The van der Waals surface area contributed by atoms with Crippen LogP contribution in [0.25, 0.3) is 5.70 Å². The monoisotopic (exact) mass is 361 g/mol. The van der Waals surface area contributed by atoms with Gasteiger partial charge in [0.15, 0.2) is 5.78 Å². The van der Waals surface area contributed by atoms with Crippen LogP contribution in [-0.2, 0) is 9.53 Å². The molecule has 0 amide bonds. The first-order chi connectivity index (χ1) is 13.1. The van der Waals surface area contributed by atoms with Crippen molar-refractivity contribution in [1.82, 2.24) is 5.32 Å². The first kappa shape index (κ1) is 17.1. The van der Waals surface area contributed by atoms with Crippen LogP contribution in [0.1, 0.15) is 34.3 Å². The van der Waals surface area contributed by atoms with E-state index in [4.69, 9.17) is 9.47 Å². The first-order valence-corrected chi connectivity index (χ1v) is 8.65. The molecule has 0 saturated heterocycles. The number of carbonyl (C=O) groups is 2. The average molecular weight is 361 g/mol. The van der Waals surface area contributed by atoms with Crippen LogP contribution in [0.4, 0.5) is 0 Å². The topological polar surface area (TPSA) is 64.6 Å². The van der Waals surface area contributed by atoms with E-state index < -0.39 is 11.9 Å². The van der Waals surface area contributed by atoms with E-state index in [9.17, 15) is 9.59 Å². The molecule has 0 unspecified atom stereocenters. The molecule has 0 spiro atoms. The van der Waals surface area contributed by atoms with Gasteiger partial charge in [-0.3, -0.25) is 4.79 Å². The van der Waals surface area contributed by atoms with E-state index in [1.165, 1.54) is 7.11 Å². The largest absolute Gasteiger partial charge is 0.497 e. The third-order valence-electron chi connectivity index (χ3n) is 5.10. The van der Waals surface area contributed by atoms with Crippen molar-refractivity contribution in [3.8, 4) is 5.75 Å². The number of rotatable bonds is 3. The molecule has 1 aliphatic carbocycles. The number of dihydropyridines is 1. The fourth-order valence-electron chi connectivity index (χ4n) is 3.84. The average Bonchev–Trinajstić information content (AvgIpc) is 2.99. The molecule has 0 bridgehead atoms. The lowest BCUT2D eigenvalue weighted by Gasteiger charge is -2.29. The summed E-state index contributed by atoms with van der Waals surface area (Å²) in [6.07, 6.45) is 0. The fraction of sp³-hybridized carbons (Fsp3) is 0.182. The van der Waals surface area contributed by atoms with Gasteiger partial charge in [-0.15, -0.1) is 0 Å². The molecule has 1 heterocycles. The van der Waals surface area contributed by atoms with E-state index >= 15 is 0 Å². The molecule has 0 aromatic heterocycles. The lowest BCUT2D eigenvalue weighted by molar-refractivity contribution is -0.136. The Kier molecular flexibility index (Phi) is 4.07. The molecule has 5 nitrogen and oxygen atoms in total. The lowest BCUT2D eigenvalue weighted by atomic mass is 9.80. The first-order valence-electron chi connectivity index (χ1n) is 8.65. The normalized spacial score (nSPS) is 18.0. The van der Waals surface area contributed by atoms with Gasteiger partial charge in [0.05, 0.1) is 25.5 Å². The van der Waals surface area contributed by atoms with Crippen LogP contribution in [0, 0.1) is 0 Å². The molecule has 0 fully saturated rings. The predicted molar refractivity (Wildman–Crippen MR) is 101 cm³/mol. The van der Waals surface area contributed by atoms with Gasteiger partial charge in [0.2, 0.25) is 0 Å². The highest BCUT2D eigenvalue weighted by atomic mass is 16.5. The number of benzene rings is 2. The van der Waals surface area contributed by atoms with Gasteiger partial charge < -0.3 is 14.8 Å². The number of ketones is 1. The number of Topliss-reactive ketones (excluding diaryl/α,β-unsaturated/α-hetero) is 1. The number of ether oxygens (including phenoxy) is 2. The molecule has 2 aromatic rings. The molecule has 0 saturated carbocycles. The van der Waals surface area contributed by atoms with Gasteiger partial charge in [-0.2, -0.15) is 0 Å². The zero-order chi connectivity index (χ0) is 19.1.